The van der Waals surface area contributed by atoms with Gasteiger partial charge in [0.05, 0.1) is 0 Å². The second-order valence-corrected chi connectivity index (χ2v) is 5.14. The number of hydrogen-bond donors (Lipinski definition) is 0. The lowest BCUT2D eigenvalue weighted by molar-refractivity contribution is 0.0969. The Labute approximate surface area is 76.1 Å². The van der Waals surface area contributed by atoms with Crippen LogP contribution in [0, 0.1) is 17.8 Å². The van der Waals surface area contributed by atoms with Crippen LogP contribution in [0.3, 0.4) is 0 Å². The van der Waals surface area contributed by atoms with Crippen LogP contribution in [0.1, 0.15) is 33.6 Å². The molecule has 2 rings (SSSR count). The summed E-state index contributed by atoms with van der Waals surface area (Å²) < 4.78 is 0. The summed E-state index contributed by atoms with van der Waals surface area (Å²) in [6, 6.07) is 0. The summed E-state index contributed by atoms with van der Waals surface area (Å²) in [5, 5.41) is 0. The summed E-state index contributed by atoms with van der Waals surface area (Å²) in [5.74, 6) is 2.83. The second-order valence-electron chi connectivity index (χ2n) is 5.14. The van der Waals surface area contributed by atoms with Crippen molar-refractivity contribution in [3.63, 3.8) is 0 Å². The van der Waals surface area contributed by atoms with Crippen LogP contribution in [0.5, 0.6) is 0 Å². The number of piperidine rings is 1. The van der Waals surface area contributed by atoms with Crippen molar-refractivity contribution < 1.29 is 0 Å². The molecule has 12 heavy (non-hydrogen) atoms. The molecular formula is C11H21N. The molecule has 2 aliphatic rings. The van der Waals surface area contributed by atoms with Crippen molar-refractivity contribution in [2.45, 2.75) is 39.2 Å². The average Bonchev–Trinajstić information content (AvgIpc) is 2.73. The van der Waals surface area contributed by atoms with Crippen LogP contribution >= 0.6 is 0 Å². The highest BCUT2D eigenvalue weighted by Crippen LogP contribution is 2.59. The predicted molar refractivity (Wildman–Crippen MR) is 52.1 cm³/mol. The zero-order valence-corrected chi connectivity index (χ0v) is 8.80. The monoisotopic (exact) mass is 167 g/mol. The summed E-state index contributed by atoms with van der Waals surface area (Å²) in [7, 11) is 2.31. The van der Waals surface area contributed by atoms with Gasteiger partial charge < -0.3 is 4.90 Å². The van der Waals surface area contributed by atoms with Gasteiger partial charge in [0.15, 0.2) is 0 Å². The number of nitrogens with zero attached hydrogens (tertiary/aromatic N) is 1. The van der Waals surface area contributed by atoms with E-state index in [1.807, 2.05) is 0 Å². The topological polar surface area (TPSA) is 3.24 Å². The van der Waals surface area contributed by atoms with Crippen molar-refractivity contribution >= 4 is 0 Å². The van der Waals surface area contributed by atoms with E-state index < -0.39 is 0 Å². The number of rotatable bonds is 1. The Morgan fingerprint density at radius 1 is 1.42 bits per heavy atom. The lowest BCUT2D eigenvalue weighted by atomic mass is 9.87. The van der Waals surface area contributed by atoms with Gasteiger partial charge in [-0.05, 0) is 44.2 Å². The minimum Gasteiger partial charge on any atom is -0.300 e. The first-order chi connectivity index (χ1) is 5.59. The Kier molecular flexibility index (Phi) is 1.76. The third-order valence-corrected chi connectivity index (χ3v) is 4.35. The third kappa shape index (κ3) is 0.891. The zero-order valence-electron chi connectivity index (χ0n) is 8.80. The van der Waals surface area contributed by atoms with E-state index in [1.54, 1.807) is 0 Å². The molecule has 1 heteroatoms. The maximum Gasteiger partial charge on any atom is 0.0264 e. The molecule has 1 saturated heterocycles. The molecule has 1 heterocycles. The highest BCUT2D eigenvalue weighted by Gasteiger charge is 2.62. The molecule has 2 fully saturated rings. The fourth-order valence-electron chi connectivity index (χ4n) is 3.34. The van der Waals surface area contributed by atoms with Crippen molar-refractivity contribution in [1.82, 2.24) is 4.90 Å². The van der Waals surface area contributed by atoms with Gasteiger partial charge in [-0.2, -0.15) is 0 Å². The van der Waals surface area contributed by atoms with Gasteiger partial charge in [0.25, 0.3) is 0 Å². The van der Waals surface area contributed by atoms with Crippen LogP contribution in [0.15, 0.2) is 0 Å². The Morgan fingerprint density at radius 2 is 2.08 bits per heavy atom. The largest absolute Gasteiger partial charge is 0.300 e. The molecule has 0 aromatic carbocycles. The van der Waals surface area contributed by atoms with E-state index in [9.17, 15) is 0 Å². The molecule has 0 radical (unpaired) electrons. The number of likely N-dealkylation sites (tertiary alicyclic amines) is 1. The minimum absolute atomic E-state index is 0.609. The smallest absolute Gasteiger partial charge is 0.0264 e. The van der Waals surface area contributed by atoms with Crippen molar-refractivity contribution in [2.75, 3.05) is 13.6 Å². The van der Waals surface area contributed by atoms with Crippen LogP contribution in [0.2, 0.25) is 0 Å². The van der Waals surface area contributed by atoms with Crippen molar-refractivity contribution in [2.24, 2.45) is 17.8 Å². The highest BCUT2D eigenvalue weighted by atomic mass is 15.2. The van der Waals surface area contributed by atoms with Crippen molar-refractivity contribution in [1.29, 1.82) is 0 Å². The molecule has 0 amide bonds. The van der Waals surface area contributed by atoms with Gasteiger partial charge in [0.1, 0.15) is 0 Å². The van der Waals surface area contributed by atoms with Crippen LogP contribution in [0.25, 0.3) is 0 Å². The van der Waals surface area contributed by atoms with Gasteiger partial charge in [0, 0.05) is 5.54 Å². The fourth-order valence-corrected chi connectivity index (χ4v) is 3.34. The van der Waals surface area contributed by atoms with Crippen LogP contribution in [-0.4, -0.2) is 24.0 Å². The second kappa shape index (κ2) is 2.47. The van der Waals surface area contributed by atoms with E-state index in [0.717, 1.165) is 17.8 Å². The van der Waals surface area contributed by atoms with E-state index in [4.69, 9.17) is 0 Å². The molecule has 0 spiro atoms. The van der Waals surface area contributed by atoms with E-state index >= 15 is 0 Å². The van der Waals surface area contributed by atoms with E-state index in [0.29, 0.717) is 5.54 Å². The van der Waals surface area contributed by atoms with E-state index in [2.05, 4.69) is 32.7 Å². The Balaban J connectivity index is 2.17. The molecule has 0 bridgehead atoms. The van der Waals surface area contributed by atoms with Gasteiger partial charge in [-0.1, -0.05) is 20.8 Å². The normalized spacial score (nSPS) is 47.8. The van der Waals surface area contributed by atoms with Gasteiger partial charge >= 0.3 is 0 Å². The molecule has 3 unspecified atom stereocenters. The Bertz CT molecular complexity index is 187. The first-order valence-electron chi connectivity index (χ1n) is 5.30. The Morgan fingerprint density at radius 3 is 2.58 bits per heavy atom. The standard InChI is InChI=1S/C11H21N/c1-8(2)11-7-10(11)9(3)5-6-12(11)4/h8-10H,5-7H2,1-4H3. The maximum atomic E-state index is 2.61. The molecule has 1 aliphatic heterocycles. The molecule has 0 aromatic rings. The predicted octanol–water partition coefficient (Wildman–Crippen LogP) is 2.37. The lowest BCUT2D eigenvalue weighted by Gasteiger charge is -2.38. The van der Waals surface area contributed by atoms with Crippen LogP contribution in [-0.2, 0) is 0 Å². The molecule has 70 valence electrons. The molecular weight excluding hydrogens is 146 g/mol. The minimum atomic E-state index is 0.609. The number of fused-ring (bicyclic) bond motifs is 1. The average molecular weight is 167 g/mol. The van der Waals surface area contributed by atoms with Gasteiger partial charge in [0.2, 0.25) is 0 Å². The molecule has 3 atom stereocenters. The Hall–Kier alpha value is -0.0400. The highest BCUT2D eigenvalue weighted by molar-refractivity contribution is 5.16. The van der Waals surface area contributed by atoms with E-state index in [1.165, 1.54) is 19.4 Å². The number of hydrogen-bond acceptors (Lipinski definition) is 1. The maximum absolute atomic E-state index is 2.61. The van der Waals surface area contributed by atoms with Gasteiger partial charge in [-0.25, -0.2) is 0 Å². The summed E-state index contributed by atoms with van der Waals surface area (Å²) in [6.45, 7) is 8.51. The van der Waals surface area contributed by atoms with Crippen molar-refractivity contribution in [3.8, 4) is 0 Å². The van der Waals surface area contributed by atoms with Crippen molar-refractivity contribution in [3.05, 3.63) is 0 Å². The first kappa shape index (κ1) is 8.55. The van der Waals surface area contributed by atoms with E-state index in [-0.39, 0.29) is 0 Å². The summed E-state index contributed by atoms with van der Waals surface area (Å²) in [6.07, 6.45) is 2.87. The van der Waals surface area contributed by atoms with Crippen LogP contribution < -0.4 is 0 Å². The SMILES string of the molecule is CC1CCN(C)C2(C(C)C)CC12. The molecule has 1 nitrogen and oxygen atoms in total. The lowest BCUT2D eigenvalue weighted by Crippen LogP contribution is -2.45. The zero-order chi connectivity index (χ0) is 8.93. The molecule has 1 aliphatic carbocycles. The summed E-state index contributed by atoms with van der Waals surface area (Å²) >= 11 is 0. The first-order valence-corrected chi connectivity index (χ1v) is 5.30. The third-order valence-electron chi connectivity index (χ3n) is 4.35. The molecule has 1 saturated carbocycles. The summed E-state index contributed by atoms with van der Waals surface area (Å²) in [5.41, 5.74) is 0.609. The summed E-state index contributed by atoms with van der Waals surface area (Å²) in [4.78, 5) is 2.61. The molecule has 0 N–H and O–H groups in total. The fraction of sp³-hybridized carbons (Fsp3) is 1.00. The van der Waals surface area contributed by atoms with Crippen LogP contribution in [0.4, 0.5) is 0 Å². The van der Waals surface area contributed by atoms with Gasteiger partial charge in [-0.15, -0.1) is 0 Å². The van der Waals surface area contributed by atoms with Gasteiger partial charge in [-0.3, -0.25) is 0 Å². The molecule has 0 aromatic heterocycles. The quantitative estimate of drug-likeness (QED) is 0.579.